The van der Waals surface area contributed by atoms with E-state index in [9.17, 15) is 0 Å². The summed E-state index contributed by atoms with van der Waals surface area (Å²) in [5, 5.41) is 0. The van der Waals surface area contributed by atoms with Crippen LogP contribution in [0.15, 0.2) is 36.7 Å². The number of aromatic nitrogens is 2. The minimum atomic E-state index is 0.636. The van der Waals surface area contributed by atoms with Crippen LogP contribution in [0.25, 0.3) is 0 Å². The first-order valence-electron chi connectivity index (χ1n) is 6.00. The molecule has 0 aliphatic rings. The molecule has 2 aromatic rings. The summed E-state index contributed by atoms with van der Waals surface area (Å²) in [5.74, 6) is 0.636. The predicted molar refractivity (Wildman–Crippen MR) is 71.4 cm³/mol. The first-order chi connectivity index (χ1) is 8.75. The number of nitrogens with two attached hydrogens (primary N) is 1. The Morgan fingerprint density at radius 3 is 2.67 bits per heavy atom. The van der Waals surface area contributed by atoms with Gasteiger partial charge in [-0.2, -0.15) is 0 Å². The smallest absolute Gasteiger partial charge is 0.213 e. The van der Waals surface area contributed by atoms with Gasteiger partial charge < -0.3 is 10.5 Å². The standard InChI is InChI=1S/C14H17N3O/c1-11-13(15)4-5-14(17-11)18-10-2-3-12-6-8-16-9-7-12/h4-9H,2-3,10,15H2,1H3. The number of ether oxygens (including phenoxy) is 1. The predicted octanol–water partition coefficient (Wildman–Crippen LogP) is 2.38. The molecule has 18 heavy (non-hydrogen) atoms. The van der Waals surface area contributed by atoms with Crippen LogP contribution in [-0.2, 0) is 6.42 Å². The number of hydrogen-bond donors (Lipinski definition) is 1. The molecule has 0 spiro atoms. The topological polar surface area (TPSA) is 61.0 Å². The summed E-state index contributed by atoms with van der Waals surface area (Å²) in [6.45, 7) is 2.53. The summed E-state index contributed by atoms with van der Waals surface area (Å²) >= 11 is 0. The quantitative estimate of drug-likeness (QED) is 0.819. The fraction of sp³-hybridized carbons (Fsp3) is 0.286. The molecule has 0 saturated heterocycles. The van der Waals surface area contributed by atoms with Crippen LogP contribution >= 0.6 is 0 Å². The Balaban J connectivity index is 1.77. The molecule has 0 atom stereocenters. The average molecular weight is 243 g/mol. The molecule has 94 valence electrons. The van der Waals surface area contributed by atoms with Crippen molar-refractivity contribution in [2.75, 3.05) is 12.3 Å². The summed E-state index contributed by atoms with van der Waals surface area (Å²) in [6, 6.07) is 7.66. The summed E-state index contributed by atoms with van der Waals surface area (Å²) in [6.07, 6.45) is 5.55. The van der Waals surface area contributed by atoms with Crippen molar-refractivity contribution in [1.29, 1.82) is 0 Å². The summed E-state index contributed by atoms with van der Waals surface area (Å²) in [4.78, 5) is 8.25. The van der Waals surface area contributed by atoms with Crippen LogP contribution in [0.3, 0.4) is 0 Å². The zero-order valence-electron chi connectivity index (χ0n) is 10.5. The number of anilines is 1. The molecule has 0 bridgehead atoms. The molecule has 2 N–H and O–H groups in total. The van der Waals surface area contributed by atoms with Gasteiger partial charge in [0.2, 0.25) is 5.88 Å². The van der Waals surface area contributed by atoms with E-state index in [1.807, 2.05) is 25.1 Å². The zero-order valence-corrected chi connectivity index (χ0v) is 10.5. The van der Waals surface area contributed by atoms with Gasteiger partial charge in [0.25, 0.3) is 0 Å². The zero-order chi connectivity index (χ0) is 12.8. The highest BCUT2D eigenvalue weighted by Crippen LogP contribution is 2.14. The Labute approximate surface area is 107 Å². The highest BCUT2D eigenvalue weighted by molar-refractivity contribution is 5.43. The van der Waals surface area contributed by atoms with Crippen LogP contribution in [0.4, 0.5) is 5.69 Å². The summed E-state index contributed by atoms with van der Waals surface area (Å²) in [7, 11) is 0. The van der Waals surface area contributed by atoms with Crippen LogP contribution in [0, 0.1) is 6.92 Å². The van der Waals surface area contributed by atoms with Crippen molar-refractivity contribution in [2.24, 2.45) is 0 Å². The molecule has 0 aliphatic heterocycles. The molecule has 0 amide bonds. The third-order valence-corrected chi connectivity index (χ3v) is 2.71. The lowest BCUT2D eigenvalue weighted by Gasteiger charge is -2.07. The van der Waals surface area contributed by atoms with E-state index in [-0.39, 0.29) is 0 Å². The second-order valence-corrected chi connectivity index (χ2v) is 4.13. The van der Waals surface area contributed by atoms with Gasteiger partial charge in [0.15, 0.2) is 0 Å². The fourth-order valence-corrected chi connectivity index (χ4v) is 1.63. The maximum atomic E-state index is 5.70. The van der Waals surface area contributed by atoms with E-state index in [1.165, 1.54) is 5.56 Å². The van der Waals surface area contributed by atoms with Crippen LogP contribution in [-0.4, -0.2) is 16.6 Å². The average Bonchev–Trinajstić information content (AvgIpc) is 2.40. The lowest BCUT2D eigenvalue weighted by molar-refractivity contribution is 0.299. The number of nitrogens with zero attached hydrogens (tertiary/aromatic N) is 2. The molecule has 4 heteroatoms. The van der Waals surface area contributed by atoms with E-state index in [2.05, 4.69) is 9.97 Å². The summed E-state index contributed by atoms with van der Waals surface area (Å²) < 4.78 is 5.58. The fourth-order valence-electron chi connectivity index (χ4n) is 1.63. The Kier molecular flexibility index (Phi) is 4.12. The van der Waals surface area contributed by atoms with Gasteiger partial charge in [-0.15, -0.1) is 0 Å². The maximum absolute atomic E-state index is 5.70. The van der Waals surface area contributed by atoms with E-state index in [0.717, 1.165) is 18.5 Å². The molecule has 0 saturated carbocycles. The normalized spacial score (nSPS) is 10.3. The Hall–Kier alpha value is -2.10. The van der Waals surface area contributed by atoms with Gasteiger partial charge in [-0.05, 0) is 43.5 Å². The number of nitrogen functional groups attached to an aromatic ring is 1. The first-order valence-corrected chi connectivity index (χ1v) is 6.00. The van der Waals surface area contributed by atoms with E-state index in [4.69, 9.17) is 10.5 Å². The SMILES string of the molecule is Cc1nc(OCCCc2ccncc2)ccc1N. The van der Waals surface area contributed by atoms with Crippen LogP contribution in [0.2, 0.25) is 0 Å². The minimum Gasteiger partial charge on any atom is -0.478 e. The Morgan fingerprint density at radius 1 is 1.17 bits per heavy atom. The first kappa shape index (κ1) is 12.4. The van der Waals surface area contributed by atoms with Crippen molar-refractivity contribution in [1.82, 2.24) is 9.97 Å². The highest BCUT2D eigenvalue weighted by Gasteiger charge is 1.99. The molecule has 0 radical (unpaired) electrons. The summed E-state index contributed by atoms with van der Waals surface area (Å²) in [5.41, 5.74) is 8.47. The molecule has 0 fully saturated rings. The van der Waals surface area contributed by atoms with Crippen molar-refractivity contribution in [3.8, 4) is 5.88 Å². The number of hydrogen-bond acceptors (Lipinski definition) is 4. The second kappa shape index (κ2) is 6.00. The lowest BCUT2D eigenvalue weighted by Crippen LogP contribution is -2.02. The van der Waals surface area contributed by atoms with Crippen molar-refractivity contribution in [3.05, 3.63) is 47.9 Å². The molecule has 0 unspecified atom stereocenters. The lowest BCUT2D eigenvalue weighted by atomic mass is 10.1. The van der Waals surface area contributed by atoms with Gasteiger partial charge in [-0.1, -0.05) is 0 Å². The van der Waals surface area contributed by atoms with Gasteiger partial charge in [0.05, 0.1) is 18.0 Å². The van der Waals surface area contributed by atoms with Crippen molar-refractivity contribution >= 4 is 5.69 Å². The molecule has 0 aromatic carbocycles. The molecule has 4 nitrogen and oxygen atoms in total. The molecule has 0 aliphatic carbocycles. The van der Waals surface area contributed by atoms with E-state index >= 15 is 0 Å². The largest absolute Gasteiger partial charge is 0.478 e. The van der Waals surface area contributed by atoms with Crippen LogP contribution < -0.4 is 10.5 Å². The highest BCUT2D eigenvalue weighted by atomic mass is 16.5. The number of aryl methyl sites for hydroxylation is 2. The third kappa shape index (κ3) is 3.45. The van der Waals surface area contributed by atoms with Gasteiger partial charge in [0, 0.05) is 18.5 Å². The molecule has 2 heterocycles. The van der Waals surface area contributed by atoms with Gasteiger partial charge in [-0.25, -0.2) is 4.98 Å². The number of rotatable bonds is 5. The van der Waals surface area contributed by atoms with Crippen LogP contribution in [0.5, 0.6) is 5.88 Å². The van der Waals surface area contributed by atoms with Crippen molar-refractivity contribution in [3.63, 3.8) is 0 Å². The van der Waals surface area contributed by atoms with Gasteiger partial charge in [-0.3, -0.25) is 4.98 Å². The molecule has 2 rings (SSSR count). The Bertz CT molecular complexity index is 500. The third-order valence-electron chi connectivity index (χ3n) is 2.71. The van der Waals surface area contributed by atoms with Crippen molar-refractivity contribution in [2.45, 2.75) is 19.8 Å². The van der Waals surface area contributed by atoms with E-state index in [0.29, 0.717) is 18.2 Å². The second-order valence-electron chi connectivity index (χ2n) is 4.13. The van der Waals surface area contributed by atoms with E-state index < -0.39 is 0 Å². The number of pyridine rings is 2. The minimum absolute atomic E-state index is 0.636. The Morgan fingerprint density at radius 2 is 1.94 bits per heavy atom. The van der Waals surface area contributed by atoms with Gasteiger partial charge in [0.1, 0.15) is 0 Å². The van der Waals surface area contributed by atoms with Crippen molar-refractivity contribution < 1.29 is 4.74 Å². The van der Waals surface area contributed by atoms with Gasteiger partial charge >= 0.3 is 0 Å². The molecule has 2 aromatic heterocycles. The molecular formula is C14H17N3O. The van der Waals surface area contributed by atoms with Crippen LogP contribution in [0.1, 0.15) is 17.7 Å². The molecular weight excluding hydrogens is 226 g/mol. The van der Waals surface area contributed by atoms with E-state index in [1.54, 1.807) is 18.5 Å². The monoisotopic (exact) mass is 243 g/mol. The maximum Gasteiger partial charge on any atom is 0.213 e.